The van der Waals surface area contributed by atoms with Crippen LogP contribution in [0.1, 0.15) is 28.5 Å². The molecule has 0 aliphatic rings. The van der Waals surface area contributed by atoms with Gasteiger partial charge in [-0.15, -0.1) is 10.2 Å². The number of nitrogens with zero attached hydrogens (tertiary/aromatic N) is 4. The molecule has 0 bridgehead atoms. The van der Waals surface area contributed by atoms with Crippen molar-refractivity contribution in [2.45, 2.75) is 29.1 Å². The summed E-state index contributed by atoms with van der Waals surface area (Å²) in [4.78, 5) is 21.0. The van der Waals surface area contributed by atoms with Crippen LogP contribution in [0.5, 0.6) is 0 Å². The topological polar surface area (TPSA) is 80.7 Å². The number of aromatic nitrogens is 4. The second-order valence-electron chi connectivity index (χ2n) is 5.39. The summed E-state index contributed by atoms with van der Waals surface area (Å²) in [7, 11) is 0. The molecule has 0 radical (unpaired) electrons. The molecule has 2 heterocycles. The van der Waals surface area contributed by atoms with Gasteiger partial charge in [-0.05, 0) is 18.2 Å². The van der Waals surface area contributed by atoms with E-state index in [9.17, 15) is 4.79 Å². The number of anilines is 1. The fourth-order valence-electron chi connectivity index (χ4n) is 2.13. The standard InChI is InChI=1S/C17H16ClN5OS3/c1-3-25-17-23-22-16(27-17)21-14(24)13-12(18)8-19-15(20-13)26-9-11-6-4-5-10(2)7-11/h4-8H,3,9H2,1-2H3,(H,21,22,24). The van der Waals surface area contributed by atoms with Crippen LogP contribution in [0.2, 0.25) is 5.02 Å². The molecule has 1 aromatic carbocycles. The first kappa shape index (κ1) is 20.1. The van der Waals surface area contributed by atoms with E-state index in [0.717, 1.165) is 10.1 Å². The van der Waals surface area contributed by atoms with Crippen molar-refractivity contribution >= 4 is 57.5 Å². The molecule has 3 aromatic rings. The lowest BCUT2D eigenvalue weighted by molar-refractivity contribution is 0.102. The zero-order valence-electron chi connectivity index (χ0n) is 14.6. The fraction of sp³-hybridized carbons (Fsp3) is 0.235. The van der Waals surface area contributed by atoms with Crippen molar-refractivity contribution in [3.05, 3.63) is 52.3 Å². The summed E-state index contributed by atoms with van der Waals surface area (Å²) in [6.07, 6.45) is 1.44. The van der Waals surface area contributed by atoms with Crippen molar-refractivity contribution in [3.8, 4) is 0 Å². The van der Waals surface area contributed by atoms with Crippen LogP contribution in [0.15, 0.2) is 40.0 Å². The van der Waals surface area contributed by atoms with Crippen LogP contribution in [0.25, 0.3) is 0 Å². The highest BCUT2D eigenvalue weighted by atomic mass is 35.5. The van der Waals surface area contributed by atoms with Crippen LogP contribution in [-0.4, -0.2) is 31.8 Å². The number of benzene rings is 1. The Hall–Kier alpha value is -1.68. The first-order chi connectivity index (χ1) is 13.0. The summed E-state index contributed by atoms with van der Waals surface area (Å²) < 4.78 is 0.802. The third-order valence-electron chi connectivity index (χ3n) is 3.28. The summed E-state index contributed by atoms with van der Waals surface area (Å²) in [5.41, 5.74) is 2.49. The van der Waals surface area contributed by atoms with E-state index in [0.29, 0.717) is 16.0 Å². The zero-order valence-corrected chi connectivity index (χ0v) is 17.8. The molecule has 3 rings (SSSR count). The maximum atomic E-state index is 12.5. The van der Waals surface area contributed by atoms with E-state index in [2.05, 4.69) is 31.5 Å². The number of carbonyl (C=O) groups excluding carboxylic acids is 1. The highest BCUT2D eigenvalue weighted by Crippen LogP contribution is 2.26. The molecule has 2 aromatic heterocycles. The van der Waals surface area contributed by atoms with Gasteiger partial charge in [0.25, 0.3) is 5.91 Å². The second-order valence-corrected chi connectivity index (χ2v) is 9.23. The third kappa shape index (κ3) is 5.65. The van der Waals surface area contributed by atoms with E-state index in [1.165, 1.54) is 40.4 Å². The number of hydrogen-bond acceptors (Lipinski definition) is 8. The van der Waals surface area contributed by atoms with Crippen molar-refractivity contribution in [1.29, 1.82) is 0 Å². The van der Waals surface area contributed by atoms with Gasteiger partial charge in [-0.3, -0.25) is 10.1 Å². The van der Waals surface area contributed by atoms with E-state index in [4.69, 9.17) is 11.6 Å². The smallest absolute Gasteiger partial charge is 0.277 e. The first-order valence-electron chi connectivity index (χ1n) is 8.03. The van der Waals surface area contributed by atoms with Gasteiger partial charge in [0.15, 0.2) is 15.2 Å². The van der Waals surface area contributed by atoms with E-state index < -0.39 is 5.91 Å². The van der Waals surface area contributed by atoms with Gasteiger partial charge in [0.05, 0.1) is 11.2 Å². The molecule has 0 fully saturated rings. The number of hydrogen-bond donors (Lipinski definition) is 1. The highest BCUT2D eigenvalue weighted by Gasteiger charge is 2.17. The van der Waals surface area contributed by atoms with Crippen LogP contribution >= 0.6 is 46.5 Å². The van der Waals surface area contributed by atoms with Gasteiger partial charge >= 0.3 is 0 Å². The number of amides is 1. The van der Waals surface area contributed by atoms with Crippen LogP contribution in [0.3, 0.4) is 0 Å². The van der Waals surface area contributed by atoms with Crippen LogP contribution in [-0.2, 0) is 5.75 Å². The lowest BCUT2D eigenvalue weighted by Gasteiger charge is -2.06. The molecule has 0 atom stereocenters. The molecular formula is C17H16ClN5OS3. The lowest BCUT2D eigenvalue weighted by atomic mass is 10.2. The molecule has 0 unspecified atom stereocenters. The minimum Gasteiger partial charge on any atom is -0.295 e. The van der Waals surface area contributed by atoms with E-state index >= 15 is 0 Å². The Bertz CT molecular complexity index is 950. The first-order valence-corrected chi connectivity index (χ1v) is 11.2. The lowest BCUT2D eigenvalue weighted by Crippen LogP contribution is -2.15. The Morgan fingerprint density at radius 3 is 2.93 bits per heavy atom. The molecule has 140 valence electrons. The molecule has 0 spiro atoms. The van der Waals surface area contributed by atoms with Crippen LogP contribution in [0.4, 0.5) is 5.13 Å². The van der Waals surface area contributed by atoms with Gasteiger partial charge in [-0.2, -0.15) is 0 Å². The highest BCUT2D eigenvalue weighted by molar-refractivity contribution is 8.01. The molecule has 0 aliphatic carbocycles. The quantitative estimate of drug-likeness (QED) is 0.318. The molecular weight excluding hydrogens is 422 g/mol. The molecule has 6 nitrogen and oxygen atoms in total. The monoisotopic (exact) mass is 437 g/mol. The summed E-state index contributed by atoms with van der Waals surface area (Å²) in [5, 5.41) is 11.8. The number of halogens is 1. The van der Waals surface area contributed by atoms with E-state index in [-0.39, 0.29) is 10.7 Å². The number of nitrogens with one attached hydrogen (secondary N) is 1. The summed E-state index contributed by atoms with van der Waals surface area (Å²) in [5.74, 6) is 1.17. The summed E-state index contributed by atoms with van der Waals surface area (Å²) >= 11 is 10.5. The molecule has 0 aliphatic heterocycles. The van der Waals surface area contributed by atoms with Crippen molar-refractivity contribution in [2.24, 2.45) is 0 Å². The van der Waals surface area contributed by atoms with Crippen molar-refractivity contribution in [2.75, 3.05) is 11.1 Å². The minimum absolute atomic E-state index is 0.123. The van der Waals surface area contributed by atoms with Crippen LogP contribution in [0, 0.1) is 6.92 Å². The van der Waals surface area contributed by atoms with Gasteiger partial charge in [0.2, 0.25) is 5.13 Å². The average Bonchev–Trinajstić information content (AvgIpc) is 3.08. The van der Waals surface area contributed by atoms with Crippen molar-refractivity contribution in [1.82, 2.24) is 20.2 Å². The average molecular weight is 438 g/mol. The largest absolute Gasteiger partial charge is 0.295 e. The van der Waals surface area contributed by atoms with Crippen molar-refractivity contribution < 1.29 is 4.79 Å². The number of aryl methyl sites for hydroxylation is 1. The van der Waals surface area contributed by atoms with Crippen molar-refractivity contribution in [3.63, 3.8) is 0 Å². The Balaban J connectivity index is 1.69. The Kier molecular flexibility index (Phi) is 7.06. The Morgan fingerprint density at radius 1 is 1.30 bits per heavy atom. The predicted molar refractivity (Wildman–Crippen MR) is 112 cm³/mol. The van der Waals surface area contributed by atoms with Crippen LogP contribution < -0.4 is 5.32 Å². The molecule has 10 heteroatoms. The summed E-state index contributed by atoms with van der Waals surface area (Å²) in [6.45, 7) is 4.08. The van der Waals surface area contributed by atoms with E-state index in [1.807, 2.05) is 32.0 Å². The third-order valence-corrected chi connectivity index (χ3v) is 6.35. The zero-order chi connectivity index (χ0) is 19.2. The number of carbonyl (C=O) groups is 1. The van der Waals surface area contributed by atoms with E-state index in [1.54, 1.807) is 11.8 Å². The molecule has 27 heavy (non-hydrogen) atoms. The molecule has 0 saturated carbocycles. The molecule has 1 N–H and O–H groups in total. The molecule has 1 amide bonds. The van der Waals surface area contributed by atoms with Gasteiger partial charge in [0.1, 0.15) is 0 Å². The maximum Gasteiger partial charge on any atom is 0.277 e. The molecule has 0 saturated heterocycles. The Morgan fingerprint density at radius 2 is 2.15 bits per heavy atom. The minimum atomic E-state index is -0.427. The van der Waals surface area contributed by atoms with Gasteiger partial charge in [0, 0.05) is 5.75 Å². The maximum absolute atomic E-state index is 12.5. The fourth-order valence-corrected chi connectivity index (χ4v) is 4.71. The predicted octanol–water partition coefficient (Wildman–Crippen LogP) is 4.95. The number of thioether (sulfide) groups is 2. The van der Waals surface area contributed by atoms with Gasteiger partial charge in [-0.25, -0.2) is 9.97 Å². The van der Waals surface area contributed by atoms with Gasteiger partial charge < -0.3 is 0 Å². The summed E-state index contributed by atoms with van der Waals surface area (Å²) in [6, 6.07) is 8.22. The second kappa shape index (κ2) is 9.50. The Labute approximate surface area is 174 Å². The normalized spacial score (nSPS) is 10.8. The SMILES string of the molecule is CCSc1nnc(NC(=O)c2nc(SCc3cccc(C)c3)ncc2Cl)s1. The van der Waals surface area contributed by atoms with Gasteiger partial charge in [-0.1, -0.05) is 83.2 Å². The number of rotatable bonds is 7.